The van der Waals surface area contributed by atoms with Crippen molar-refractivity contribution < 1.29 is 14.7 Å². The van der Waals surface area contributed by atoms with E-state index >= 15 is 0 Å². The first-order valence-corrected chi connectivity index (χ1v) is 10.4. The van der Waals surface area contributed by atoms with E-state index in [0.717, 1.165) is 4.88 Å². The van der Waals surface area contributed by atoms with Crippen LogP contribution in [0.4, 0.5) is 4.79 Å². The largest absolute Gasteiger partial charge is 0.388 e. The monoisotopic (exact) mass is 401 g/mol. The van der Waals surface area contributed by atoms with Gasteiger partial charge in [-0.25, -0.2) is 4.79 Å². The Morgan fingerprint density at radius 1 is 1.21 bits per heavy atom. The normalized spacial score (nSPS) is 24.8. The van der Waals surface area contributed by atoms with Crippen molar-refractivity contribution in [1.82, 2.24) is 15.5 Å². The predicted octanol–water partition coefficient (Wildman–Crippen LogP) is 3.16. The summed E-state index contributed by atoms with van der Waals surface area (Å²) in [5, 5.41) is 19.0. The third-order valence-electron chi connectivity index (χ3n) is 5.01. The number of thiophene rings is 1. The molecule has 1 fully saturated rings. The second-order valence-corrected chi connectivity index (χ2v) is 8.66. The van der Waals surface area contributed by atoms with Crippen LogP contribution >= 0.6 is 11.3 Å². The van der Waals surface area contributed by atoms with E-state index in [1.165, 1.54) is 11.3 Å². The Hall–Kier alpha value is -2.38. The van der Waals surface area contributed by atoms with Crippen LogP contribution in [-0.4, -0.2) is 46.2 Å². The molecular weight excluding hydrogens is 374 g/mol. The molecular formula is C21H27N3O3S. The summed E-state index contributed by atoms with van der Waals surface area (Å²) >= 11 is 1.51. The first-order valence-electron chi connectivity index (χ1n) is 9.48. The molecule has 7 heteroatoms. The number of carbonyl (C=O) groups excluding carboxylic acids is 2. The van der Waals surface area contributed by atoms with Crippen LogP contribution in [0.15, 0.2) is 47.8 Å². The van der Waals surface area contributed by atoms with E-state index in [2.05, 4.69) is 10.6 Å². The van der Waals surface area contributed by atoms with E-state index in [9.17, 15) is 14.7 Å². The maximum Gasteiger partial charge on any atom is 0.318 e. The number of piperidine rings is 1. The minimum atomic E-state index is -1.15. The third-order valence-corrected chi connectivity index (χ3v) is 5.95. The zero-order chi connectivity index (χ0) is 20.3. The van der Waals surface area contributed by atoms with Crippen LogP contribution in [-0.2, 0) is 0 Å². The zero-order valence-electron chi connectivity index (χ0n) is 16.4. The summed E-state index contributed by atoms with van der Waals surface area (Å²) in [4.78, 5) is 28.3. The van der Waals surface area contributed by atoms with Gasteiger partial charge in [-0.15, -0.1) is 11.3 Å². The second-order valence-electron chi connectivity index (χ2n) is 7.68. The zero-order valence-corrected chi connectivity index (χ0v) is 17.2. The van der Waals surface area contributed by atoms with Gasteiger partial charge in [-0.3, -0.25) is 4.79 Å². The number of rotatable bonds is 4. The van der Waals surface area contributed by atoms with Crippen molar-refractivity contribution in [2.24, 2.45) is 0 Å². The van der Waals surface area contributed by atoms with Crippen molar-refractivity contribution in [2.45, 2.75) is 50.9 Å². The molecule has 28 heavy (non-hydrogen) atoms. The highest BCUT2D eigenvalue weighted by Crippen LogP contribution is 2.39. The Balaban J connectivity index is 1.94. The average Bonchev–Trinajstić information content (AvgIpc) is 3.17. The van der Waals surface area contributed by atoms with Crippen molar-refractivity contribution >= 4 is 23.3 Å². The van der Waals surface area contributed by atoms with Crippen LogP contribution in [0, 0.1) is 0 Å². The molecule has 3 amide bonds. The van der Waals surface area contributed by atoms with Gasteiger partial charge in [-0.1, -0.05) is 24.3 Å². The van der Waals surface area contributed by atoms with Crippen molar-refractivity contribution in [3.63, 3.8) is 0 Å². The SMILES string of the molecule is CC(C)NC(=O)N1CCC(C)(O)C(NC(=O)c2ccccc2)C1c1cccs1. The molecule has 1 aromatic carbocycles. The average molecular weight is 402 g/mol. The first kappa shape index (κ1) is 20.4. The Morgan fingerprint density at radius 2 is 1.93 bits per heavy atom. The molecule has 3 N–H and O–H groups in total. The molecule has 1 aromatic heterocycles. The number of benzene rings is 1. The molecule has 6 nitrogen and oxygen atoms in total. The van der Waals surface area contributed by atoms with Gasteiger partial charge in [0.1, 0.15) is 0 Å². The van der Waals surface area contributed by atoms with E-state index in [1.54, 1.807) is 36.1 Å². The molecule has 0 aliphatic carbocycles. The number of nitrogens with one attached hydrogen (secondary N) is 2. The molecule has 1 aliphatic heterocycles. The van der Waals surface area contributed by atoms with Crippen LogP contribution in [0.25, 0.3) is 0 Å². The minimum absolute atomic E-state index is 0.00344. The maximum atomic E-state index is 12.9. The number of nitrogens with zero attached hydrogens (tertiary/aromatic N) is 1. The van der Waals surface area contributed by atoms with Gasteiger partial charge in [0.25, 0.3) is 5.91 Å². The lowest BCUT2D eigenvalue weighted by atomic mass is 9.81. The Bertz CT molecular complexity index is 806. The molecule has 3 rings (SSSR count). The first-order chi connectivity index (χ1) is 13.3. The van der Waals surface area contributed by atoms with Gasteiger partial charge in [-0.05, 0) is 50.8 Å². The fraction of sp³-hybridized carbons (Fsp3) is 0.429. The van der Waals surface area contributed by atoms with Crippen molar-refractivity contribution in [3.8, 4) is 0 Å². The molecule has 0 saturated carbocycles. The molecule has 2 heterocycles. The minimum Gasteiger partial charge on any atom is -0.388 e. The number of hydrogen-bond donors (Lipinski definition) is 3. The highest BCUT2D eigenvalue weighted by Gasteiger charge is 2.48. The lowest BCUT2D eigenvalue weighted by Gasteiger charge is -2.48. The second kappa shape index (κ2) is 8.32. The van der Waals surface area contributed by atoms with Crippen molar-refractivity contribution in [1.29, 1.82) is 0 Å². The molecule has 150 valence electrons. The Kier molecular flexibility index (Phi) is 6.05. The quantitative estimate of drug-likeness (QED) is 0.736. The van der Waals surface area contributed by atoms with Gasteiger partial charge in [-0.2, -0.15) is 0 Å². The van der Waals surface area contributed by atoms with Gasteiger partial charge in [0.15, 0.2) is 0 Å². The van der Waals surface area contributed by atoms with Gasteiger partial charge >= 0.3 is 6.03 Å². The molecule has 0 radical (unpaired) electrons. The van der Waals surface area contributed by atoms with Gasteiger partial charge in [0, 0.05) is 23.0 Å². The Morgan fingerprint density at radius 3 is 2.54 bits per heavy atom. The van der Waals surface area contributed by atoms with Gasteiger partial charge < -0.3 is 20.6 Å². The van der Waals surface area contributed by atoms with E-state index in [0.29, 0.717) is 18.5 Å². The highest BCUT2D eigenvalue weighted by atomic mass is 32.1. The molecule has 1 aliphatic rings. The summed E-state index contributed by atoms with van der Waals surface area (Å²) in [6.07, 6.45) is 0.375. The maximum absolute atomic E-state index is 12.9. The summed E-state index contributed by atoms with van der Waals surface area (Å²) in [6.45, 7) is 5.95. The number of carbonyl (C=O) groups is 2. The van der Waals surface area contributed by atoms with Crippen LogP contribution in [0.1, 0.15) is 48.5 Å². The van der Waals surface area contributed by atoms with Crippen LogP contribution in [0.5, 0.6) is 0 Å². The molecule has 3 atom stereocenters. The molecule has 1 saturated heterocycles. The van der Waals surface area contributed by atoms with E-state index in [4.69, 9.17) is 0 Å². The fourth-order valence-corrected chi connectivity index (χ4v) is 4.42. The summed E-state index contributed by atoms with van der Waals surface area (Å²) in [5.41, 5.74) is -0.625. The van der Waals surface area contributed by atoms with Gasteiger partial charge in [0.05, 0.1) is 17.7 Å². The highest BCUT2D eigenvalue weighted by molar-refractivity contribution is 7.10. The molecule has 0 bridgehead atoms. The van der Waals surface area contributed by atoms with Crippen LogP contribution in [0.2, 0.25) is 0 Å². The number of amides is 3. The lowest BCUT2D eigenvalue weighted by molar-refractivity contribution is -0.0505. The fourth-order valence-electron chi connectivity index (χ4n) is 3.55. The van der Waals surface area contributed by atoms with E-state index in [1.807, 2.05) is 37.4 Å². The number of aliphatic hydroxyl groups is 1. The summed E-state index contributed by atoms with van der Waals surface area (Å²) in [6, 6.07) is 11.5. The van der Waals surface area contributed by atoms with Gasteiger partial charge in [0.2, 0.25) is 0 Å². The van der Waals surface area contributed by atoms with E-state index < -0.39 is 17.7 Å². The summed E-state index contributed by atoms with van der Waals surface area (Å²) < 4.78 is 0. The standard InChI is InChI=1S/C21H27N3O3S/c1-14(2)22-20(26)24-12-11-21(3,27)18(17(24)16-10-7-13-28-16)23-19(25)15-8-5-4-6-9-15/h4-10,13-14,17-18,27H,11-12H2,1-3H3,(H,22,26)(H,23,25). The lowest BCUT2D eigenvalue weighted by Crippen LogP contribution is -2.64. The van der Waals surface area contributed by atoms with Crippen LogP contribution in [0.3, 0.4) is 0 Å². The topological polar surface area (TPSA) is 81.7 Å². The van der Waals surface area contributed by atoms with Crippen molar-refractivity contribution in [2.75, 3.05) is 6.54 Å². The Labute approximate surface area is 169 Å². The molecule has 2 aromatic rings. The summed E-state index contributed by atoms with van der Waals surface area (Å²) in [5.74, 6) is -0.265. The number of urea groups is 1. The summed E-state index contributed by atoms with van der Waals surface area (Å²) in [7, 11) is 0. The molecule has 0 spiro atoms. The number of hydrogen-bond acceptors (Lipinski definition) is 4. The molecule has 3 unspecified atom stereocenters. The number of likely N-dealkylation sites (tertiary alicyclic amines) is 1. The smallest absolute Gasteiger partial charge is 0.318 e. The van der Waals surface area contributed by atoms with Crippen molar-refractivity contribution in [3.05, 3.63) is 58.3 Å². The van der Waals surface area contributed by atoms with E-state index in [-0.39, 0.29) is 18.0 Å². The predicted molar refractivity (Wildman–Crippen MR) is 110 cm³/mol. The third kappa shape index (κ3) is 4.36. The van der Waals surface area contributed by atoms with Crippen LogP contribution < -0.4 is 10.6 Å².